The zero-order valence-electron chi connectivity index (χ0n) is 17.6. The molecule has 3 rings (SSSR count). The van der Waals surface area contributed by atoms with Crippen molar-refractivity contribution in [3.63, 3.8) is 0 Å². The molecule has 1 N–H and O–H groups in total. The summed E-state index contributed by atoms with van der Waals surface area (Å²) in [5.74, 6) is 0.830. The quantitative estimate of drug-likeness (QED) is 0.691. The number of nitrogens with one attached hydrogen (secondary N) is 1. The van der Waals surface area contributed by atoms with Gasteiger partial charge in [0.25, 0.3) is 5.91 Å². The maximum Gasteiger partial charge on any atom is 0.251 e. The number of hydrogen-bond donors (Lipinski definition) is 1. The number of piperidine rings is 1. The first-order valence-corrected chi connectivity index (χ1v) is 11.9. The van der Waals surface area contributed by atoms with E-state index < -0.39 is 10.0 Å². The Labute approximate surface area is 179 Å². The topological polar surface area (TPSA) is 75.7 Å². The second-order valence-electron chi connectivity index (χ2n) is 8.03. The number of nitrogens with zero attached hydrogens (tertiary/aromatic N) is 1. The average molecular weight is 431 g/mol. The minimum absolute atomic E-state index is 0.228. The third-order valence-electron chi connectivity index (χ3n) is 4.98. The molecule has 1 aliphatic heterocycles. The van der Waals surface area contributed by atoms with E-state index in [0.717, 1.165) is 24.8 Å². The first kappa shape index (κ1) is 22.3. The van der Waals surface area contributed by atoms with Crippen LogP contribution in [0.1, 0.15) is 49.0 Å². The molecule has 2 aromatic rings. The Morgan fingerprint density at radius 3 is 2.53 bits per heavy atom. The molecule has 7 heteroatoms. The zero-order valence-corrected chi connectivity index (χ0v) is 18.5. The van der Waals surface area contributed by atoms with Crippen molar-refractivity contribution < 1.29 is 17.9 Å². The predicted octanol–water partition coefficient (Wildman–Crippen LogP) is 3.83. The van der Waals surface area contributed by atoms with E-state index in [1.807, 2.05) is 12.1 Å². The highest BCUT2D eigenvalue weighted by atomic mass is 32.2. The van der Waals surface area contributed by atoms with Crippen molar-refractivity contribution in [1.29, 1.82) is 0 Å². The van der Waals surface area contributed by atoms with Gasteiger partial charge < -0.3 is 10.1 Å². The van der Waals surface area contributed by atoms with Crippen molar-refractivity contribution in [2.24, 2.45) is 5.92 Å². The highest BCUT2D eigenvalue weighted by molar-refractivity contribution is 7.89. The summed E-state index contributed by atoms with van der Waals surface area (Å²) in [6.45, 7) is 6.10. The normalized spacial score (nSPS) is 15.2. The molecule has 2 aromatic carbocycles. The van der Waals surface area contributed by atoms with Gasteiger partial charge in [-0.1, -0.05) is 38.5 Å². The Hall–Kier alpha value is -2.38. The second-order valence-corrected chi connectivity index (χ2v) is 9.97. The standard InChI is InChI=1S/C23H30N2O4S/c1-18(2)17-29-21-10-7-9-20(15-21)23(26)24-16-19-8-6-11-22(14-19)30(27,28)25-12-4-3-5-13-25/h6-11,14-15,18H,3-5,12-13,16-17H2,1-2H3,(H,24,26). The number of amides is 1. The molecule has 1 aliphatic rings. The Kier molecular flexibility index (Phi) is 7.50. The van der Waals surface area contributed by atoms with E-state index in [1.165, 1.54) is 0 Å². The predicted molar refractivity (Wildman–Crippen MR) is 117 cm³/mol. The molecule has 0 spiro atoms. The first-order valence-electron chi connectivity index (χ1n) is 10.5. The summed E-state index contributed by atoms with van der Waals surface area (Å²) in [7, 11) is -3.49. The average Bonchev–Trinajstić information content (AvgIpc) is 2.77. The smallest absolute Gasteiger partial charge is 0.251 e. The molecule has 1 saturated heterocycles. The number of carbonyl (C=O) groups is 1. The Bertz CT molecular complexity index is 967. The van der Waals surface area contributed by atoms with E-state index in [1.54, 1.807) is 40.7 Å². The number of sulfonamides is 1. The molecular formula is C23H30N2O4S. The fraction of sp³-hybridized carbons (Fsp3) is 0.435. The van der Waals surface area contributed by atoms with Gasteiger partial charge in [0.15, 0.2) is 0 Å². The van der Waals surface area contributed by atoms with Gasteiger partial charge in [-0.25, -0.2) is 8.42 Å². The molecule has 0 atom stereocenters. The molecule has 6 nitrogen and oxygen atoms in total. The van der Waals surface area contributed by atoms with E-state index in [-0.39, 0.29) is 17.3 Å². The number of ether oxygens (including phenoxy) is 1. The van der Waals surface area contributed by atoms with Crippen LogP contribution in [0.4, 0.5) is 0 Å². The van der Waals surface area contributed by atoms with Crippen molar-refractivity contribution in [1.82, 2.24) is 9.62 Å². The lowest BCUT2D eigenvalue weighted by Gasteiger charge is -2.26. The van der Waals surface area contributed by atoms with Gasteiger partial charge in [0.2, 0.25) is 10.0 Å². The van der Waals surface area contributed by atoms with Crippen LogP contribution in [0.15, 0.2) is 53.4 Å². The molecule has 0 unspecified atom stereocenters. The number of benzene rings is 2. The SMILES string of the molecule is CC(C)COc1cccc(C(=O)NCc2cccc(S(=O)(=O)N3CCCCC3)c2)c1. The molecule has 1 heterocycles. The van der Waals surface area contributed by atoms with Crippen LogP contribution in [0.25, 0.3) is 0 Å². The van der Waals surface area contributed by atoms with Crippen molar-refractivity contribution in [2.75, 3.05) is 19.7 Å². The largest absolute Gasteiger partial charge is 0.493 e. The summed E-state index contributed by atoms with van der Waals surface area (Å²) in [5, 5.41) is 2.86. The van der Waals surface area contributed by atoms with Gasteiger partial charge >= 0.3 is 0 Å². The summed E-state index contributed by atoms with van der Waals surface area (Å²) >= 11 is 0. The van der Waals surface area contributed by atoms with Crippen LogP contribution < -0.4 is 10.1 Å². The van der Waals surface area contributed by atoms with Crippen LogP contribution in [-0.4, -0.2) is 38.3 Å². The third kappa shape index (κ3) is 5.83. The molecule has 162 valence electrons. The molecular weight excluding hydrogens is 400 g/mol. The Morgan fingerprint density at radius 1 is 1.07 bits per heavy atom. The number of carbonyl (C=O) groups excluding carboxylic acids is 1. The molecule has 1 fully saturated rings. The number of hydrogen-bond acceptors (Lipinski definition) is 4. The summed E-state index contributed by atoms with van der Waals surface area (Å²) in [6.07, 6.45) is 2.87. The van der Waals surface area contributed by atoms with E-state index in [4.69, 9.17) is 4.74 Å². The monoisotopic (exact) mass is 430 g/mol. The van der Waals surface area contributed by atoms with Gasteiger partial charge in [-0.05, 0) is 54.7 Å². The molecule has 1 amide bonds. The van der Waals surface area contributed by atoms with Gasteiger partial charge in [0.1, 0.15) is 5.75 Å². The van der Waals surface area contributed by atoms with Crippen LogP contribution in [0, 0.1) is 5.92 Å². The van der Waals surface area contributed by atoms with Crippen LogP contribution >= 0.6 is 0 Å². The zero-order chi connectivity index (χ0) is 21.6. The first-order chi connectivity index (χ1) is 14.4. The lowest BCUT2D eigenvalue weighted by Crippen LogP contribution is -2.35. The minimum Gasteiger partial charge on any atom is -0.493 e. The van der Waals surface area contributed by atoms with Crippen LogP contribution in [0.2, 0.25) is 0 Å². The van der Waals surface area contributed by atoms with Gasteiger partial charge in [0, 0.05) is 25.2 Å². The van der Waals surface area contributed by atoms with E-state index in [2.05, 4.69) is 19.2 Å². The summed E-state index contributed by atoms with van der Waals surface area (Å²) in [5.41, 5.74) is 1.25. The van der Waals surface area contributed by atoms with Crippen molar-refractivity contribution in [3.8, 4) is 5.75 Å². The van der Waals surface area contributed by atoms with Gasteiger partial charge in [-0.3, -0.25) is 4.79 Å². The lowest BCUT2D eigenvalue weighted by molar-refractivity contribution is 0.0950. The molecule has 0 aromatic heterocycles. The van der Waals surface area contributed by atoms with E-state index in [9.17, 15) is 13.2 Å². The lowest BCUT2D eigenvalue weighted by atomic mass is 10.2. The maximum absolute atomic E-state index is 12.9. The molecule has 30 heavy (non-hydrogen) atoms. The molecule has 0 saturated carbocycles. The van der Waals surface area contributed by atoms with Crippen molar-refractivity contribution in [3.05, 3.63) is 59.7 Å². The van der Waals surface area contributed by atoms with Crippen molar-refractivity contribution in [2.45, 2.75) is 44.6 Å². The van der Waals surface area contributed by atoms with E-state index in [0.29, 0.717) is 36.9 Å². The third-order valence-corrected chi connectivity index (χ3v) is 6.88. The summed E-state index contributed by atoms with van der Waals surface area (Å²) in [6, 6.07) is 13.9. The summed E-state index contributed by atoms with van der Waals surface area (Å²) in [4.78, 5) is 12.8. The minimum atomic E-state index is -3.49. The fourth-order valence-corrected chi connectivity index (χ4v) is 4.93. The molecule has 0 radical (unpaired) electrons. The van der Waals surface area contributed by atoms with Crippen LogP contribution in [0.5, 0.6) is 5.75 Å². The molecule has 0 aliphatic carbocycles. The van der Waals surface area contributed by atoms with Gasteiger partial charge in [-0.2, -0.15) is 4.31 Å². The Morgan fingerprint density at radius 2 is 1.80 bits per heavy atom. The second kappa shape index (κ2) is 10.1. The maximum atomic E-state index is 12.9. The fourth-order valence-electron chi connectivity index (χ4n) is 3.34. The Balaban J connectivity index is 1.64. The van der Waals surface area contributed by atoms with Crippen molar-refractivity contribution >= 4 is 15.9 Å². The molecule has 0 bridgehead atoms. The summed E-state index contributed by atoms with van der Waals surface area (Å²) < 4.78 is 33.0. The van der Waals surface area contributed by atoms with Gasteiger partial charge in [0.05, 0.1) is 11.5 Å². The highest BCUT2D eigenvalue weighted by Gasteiger charge is 2.25. The van der Waals surface area contributed by atoms with Crippen LogP contribution in [-0.2, 0) is 16.6 Å². The highest BCUT2D eigenvalue weighted by Crippen LogP contribution is 2.21. The number of rotatable bonds is 8. The van der Waals surface area contributed by atoms with Gasteiger partial charge in [-0.15, -0.1) is 0 Å². The van der Waals surface area contributed by atoms with Crippen LogP contribution in [0.3, 0.4) is 0 Å². The van der Waals surface area contributed by atoms with E-state index >= 15 is 0 Å².